The van der Waals surface area contributed by atoms with Gasteiger partial charge in [0.1, 0.15) is 5.82 Å². The Balaban J connectivity index is 1.54. The van der Waals surface area contributed by atoms with Crippen LogP contribution < -0.4 is 5.32 Å². The van der Waals surface area contributed by atoms with E-state index in [1.54, 1.807) is 23.2 Å². The summed E-state index contributed by atoms with van der Waals surface area (Å²) in [5.41, 5.74) is 0.0751. The summed E-state index contributed by atoms with van der Waals surface area (Å²) in [6.07, 6.45) is 1.79. The fourth-order valence-electron chi connectivity index (χ4n) is 3.72. The second-order valence-corrected chi connectivity index (χ2v) is 7.59. The first-order valence-electron chi connectivity index (χ1n) is 10.0. The Morgan fingerprint density at radius 2 is 2.03 bits per heavy atom. The molecule has 0 spiro atoms. The highest BCUT2D eigenvalue weighted by atomic mass is 19.4. The first-order valence-corrected chi connectivity index (χ1v) is 10.0. The van der Waals surface area contributed by atoms with Gasteiger partial charge in [-0.1, -0.05) is 5.21 Å². The summed E-state index contributed by atoms with van der Waals surface area (Å²) in [6.45, 7) is 4.26. The predicted octanol–water partition coefficient (Wildman–Crippen LogP) is 2.88. The number of piperidine rings is 1. The molecule has 3 aromatic rings. The van der Waals surface area contributed by atoms with E-state index in [2.05, 4.69) is 30.6 Å². The maximum atomic E-state index is 13.4. The van der Waals surface area contributed by atoms with Crippen LogP contribution in [0.2, 0.25) is 0 Å². The van der Waals surface area contributed by atoms with Crippen LogP contribution in [-0.2, 0) is 6.18 Å². The number of likely N-dealkylation sites (tertiary alicyclic amines) is 1. The Labute approximate surface area is 181 Å². The Kier molecular flexibility index (Phi) is 5.76. The highest BCUT2D eigenvalue weighted by Gasteiger charge is 2.35. The first-order chi connectivity index (χ1) is 15.2. The van der Waals surface area contributed by atoms with Gasteiger partial charge >= 0.3 is 6.18 Å². The first kappa shape index (κ1) is 21.7. The van der Waals surface area contributed by atoms with Crippen molar-refractivity contribution in [1.82, 2.24) is 34.8 Å². The number of nitrogens with zero attached hydrogens (tertiary/aromatic N) is 7. The number of aryl methyl sites for hydroxylation is 1. The van der Waals surface area contributed by atoms with Crippen molar-refractivity contribution in [3.63, 3.8) is 0 Å². The van der Waals surface area contributed by atoms with E-state index >= 15 is 0 Å². The number of carbonyl (C=O) groups is 1. The number of amides is 1. The Hall–Kier alpha value is -3.57. The zero-order valence-corrected chi connectivity index (χ0v) is 17.4. The number of anilines is 1. The van der Waals surface area contributed by atoms with Crippen molar-refractivity contribution >= 4 is 11.7 Å². The Bertz CT molecular complexity index is 1090. The van der Waals surface area contributed by atoms with E-state index in [1.165, 1.54) is 10.9 Å². The van der Waals surface area contributed by atoms with Crippen molar-refractivity contribution < 1.29 is 18.0 Å². The summed E-state index contributed by atoms with van der Waals surface area (Å²) in [7, 11) is 0. The Morgan fingerprint density at radius 3 is 2.69 bits per heavy atom. The van der Waals surface area contributed by atoms with Crippen LogP contribution in [0.1, 0.15) is 41.5 Å². The summed E-state index contributed by atoms with van der Waals surface area (Å²) in [5.74, 6) is 0.411. The standard InChI is InChI=1S/C20H21F3N8O/c1-12-5-6-14(18(27-12)31-9-7-26-29-31)19(32)30-8-3-4-15(13(30)2)28-17-11-24-16(10-25-17)20(21,22)23/h5-7,9-11,13,15H,3-4,8H2,1-2H3,(H,25,28)/t13-,15+/m0/s1. The van der Waals surface area contributed by atoms with Gasteiger partial charge in [-0.05, 0) is 38.8 Å². The average molecular weight is 446 g/mol. The molecule has 0 radical (unpaired) electrons. The number of pyridine rings is 1. The topological polar surface area (TPSA) is 102 Å². The lowest BCUT2D eigenvalue weighted by molar-refractivity contribution is -0.141. The van der Waals surface area contributed by atoms with Crippen molar-refractivity contribution in [2.75, 3.05) is 11.9 Å². The van der Waals surface area contributed by atoms with Gasteiger partial charge in [-0.2, -0.15) is 13.2 Å². The molecule has 1 saturated heterocycles. The molecule has 0 unspecified atom stereocenters. The average Bonchev–Trinajstić information content (AvgIpc) is 3.29. The third-order valence-corrected chi connectivity index (χ3v) is 5.41. The summed E-state index contributed by atoms with van der Waals surface area (Å²) in [4.78, 5) is 26.9. The minimum Gasteiger partial charge on any atom is -0.364 e. The minimum atomic E-state index is -4.54. The van der Waals surface area contributed by atoms with Gasteiger partial charge in [-0.3, -0.25) is 4.79 Å². The van der Waals surface area contributed by atoms with Gasteiger partial charge in [0.25, 0.3) is 5.91 Å². The molecule has 0 aromatic carbocycles. The van der Waals surface area contributed by atoms with Crippen LogP contribution in [0.25, 0.3) is 5.82 Å². The van der Waals surface area contributed by atoms with E-state index in [9.17, 15) is 18.0 Å². The van der Waals surface area contributed by atoms with Gasteiger partial charge in [-0.25, -0.2) is 19.6 Å². The van der Waals surface area contributed by atoms with Crippen LogP contribution in [-0.4, -0.2) is 59.4 Å². The molecule has 0 aliphatic carbocycles. The number of aromatic nitrogens is 6. The van der Waals surface area contributed by atoms with E-state index in [0.717, 1.165) is 24.7 Å². The molecule has 3 aromatic heterocycles. The van der Waals surface area contributed by atoms with E-state index in [1.807, 2.05) is 13.8 Å². The molecule has 1 N–H and O–H groups in total. The number of halogens is 3. The lowest BCUT2D eigenvalue weighted by atomic mass is 9.96. The second-order valence-electron chi connectivity index (χ2n) is 7.59. The molecule has 32 heavy (non-hydrogen) atoms. The zero-order chi connectivity index (χ0) is 22.9. The third kappa shape index (κ3) is 4.39. The summed E-state index contributed by atoms with van der Waals surface area (Å²) < 4.78 is 39.6. The quantitative estimate of drug-likeness (QED) is 0.658. The van der Waals surface area contributed by atoms with Crippen molar-refractivity contribution in [3.05, 3.63) is 53.9 Å². The zero-order valence-electron chi connectivity index (χ0n) is 17.4. The minimum absolute atomic E-state index is 0.202. The van der Waals surface area contributed by atoms with Gasteiger partial charge in [0.15, 0.2) is 11.5 Å². The van der Waals surface area contributed by atoms with Crippen molar-refractivity contribution in [3.8, 4) is 5.82 Å². The molecule has 0 bridgehead atoms. The maximum absolute atomic E-state index is 13.4. The van der Waals surface area contributed by atoms with Crippen molar-refractivity contribution in [2.45, 2.75) is 44.9 Å². The highest BCUT2D eigenvalue weighted by Crippen LogP contribution is 2.28. The number of nitrogens with one attached hydrogen (secondary N) is 1. The van der Waals surface area contributed by atoms with Gasteiger partial charge in [-0.15, -0.1) is 5.10 Å². The van der Waals surface area contributed by atoms with Gasteiger partial charge in [0, 0.05) is 24.3 Å². The molecule has 2 atom stereocenters. The van der Waals surface area contributed by atoms with E-state index in [-0.39, 0.29) is 23.8 Å². The van der Waals surface area contributed by atoms with Gasteiger partial charge in [0.2, 0.25) is 0 Å². The SMILES string of the molecule is Cc1ccc(C(=O)N2CCC[C@@H](Nc3cnc(C(F)(F)F)cn3)[C@@H]2C)c(-n2ccnn2)n1. The number of alkyl halides is 3. The van der Waals surface area contributed by atoms with Gasteiger partial charge in [0.05, 0.1) is 30.4 Å². The molecule has 168 valence electrons. The fraction of sp³-hybridized carbons (Fsp3) is 0.400. The summed E-state index contributed by atoms with van der Waals surface area (Å²) >= 11 is 0. The second kappa shape index (κ2) is 8.52. The van der Waals surface area contributed by atoms with Crippen LogP contribution >= 0.6 is 0 Å². The summed E-state index contributed by atoms with van der Waals surface area (Å²) in [6, 6.07) is 3.03. The van der Waals surface area contributed by atoms with E-state index in [4.69, 9.17) is 0 Å². The number of rotatable bonds is 4. The summed E-state index contributed by atoms with van der Waals surface area (Å²) in [5, 5.41) is 10.9. The van der Waals surface area contributed by atoms with Crippen molar-refractivity contribution in [2.24, 2.45) is 0 Å². The molecule has 12 heteroatoms. The largest absolute Gasteiger partial charge is 0.434 e. The molecule has 4 heterocycles. The number of carbonyl (C=O) groups excluding carboxylic acids is 1. The smallest absolute Gasteiger partial charge is 0.364 e. The molecule has 1 aliphatic rings. The van der Waals surface area contributed by atoms with E-state index in [0.29, 0.717) is 24.1 Å². The Morgan fingerprint density at radius 1 is 1.22 bits per heavy atom. The van der Waals surface area contributed by atoms with Crippen molar-refractivity contribution in [1.29, 1.82) is 0 Å². The third-order valence-electron chi connectivity index (χ3n) is 5.41. The lowest BCUT2D eigenvalue weighted by Crippen LogP contribution is -2.52. The van der Waals surface area contributed by atoms with Crippen LogP contribution in [0.3, 0.4) is 0 Å². The van der Waals surface area contributed by atoms with Crippen LogP contribution in [0.15, 0.2) is 36.9 Å². The maximum Gasteiger partial charge on any atom is 0.434 e. The fourth-order valence-corrected chi connectivity index (χ4v) is 3.72. The van der Waals surface area contributed by atoms with Crippen LogP contribution in [0, 0.1) is 6.92 Å². The predicted molar refractivity (Wildman–Crippen MR) is 108 cm³/mol. The van der Waals surface area contributed by atoms with E-state index < -0.39 is 11.9 Å². The molecule has 1 fully saturated rings. The normalized spacial score (nSPS) is 19.1. The molecule has 9 nitrogen and oxygen atoms in total. The molecular weight excluding hydrogens is 425 g/mol. The number of hydrogen-bond acceptors (Lipinski definition) is 7. The molecular formula is C20H21F3N8O. The van der Waals surface area contributed by atoms with Crippen LogP contribution in [0.4, 0.5) is 19.0 Å². The molecule has 4 rings (SSSR count). The molecule has 1 amide bonds. The van der Waals surface area contributed by atoms with Gasteiger partial charge < -0.3 is 10.2 Å². The lowest BCUT2D eigenvalue weighted by Gasteiger charge is -2.40. The molecule has 1 aliphatic heterocycles. The molecule has 0 saturated carbocycles. The number of hydrogen-bond donors (Lipinski definition) is 1. The highest BCUT2D eigenvalue weighted by molar-refractivity contribution is 5.97. The monoisotopic (exact) mass is 446 g/mol. The van der Waals surface area contributed by atoms with Crippen LogP contribution in [0.5, 0.6) is 0 Å².